The molecule has 0 bridgehead atoms. The van der Waals surface area contributed by atoms with Gasteiger partial charge in [0.2, 0.25) is 0 Å². The van der Waals surface area contributed by atoms with Crippen molar-refractivity contribution in [3.8, 4) is 17.2 Å². The Hall–Kier alpha value is -2.99. The van der Waals surface area contributed by atoms with E-state index in [2.05, 4.69) is 4.90 Å². The lowest BCUT2D eigenvalue weighted by Gasteiger charge is -2.29. The minimum absolute atomic E-state index is 0.342. The van der Waals surface area contributed by atoms with Crippen molar-refractivity contribution in [1.29, 1.82) is 0 Å². The highest BCUT2D eigenvalue weighted by Crippen LogP contribution is 2.34. The second kappa shape index (κ2) is 6.96. The largest absolute Gasteiger partial charge is 0.493 e. The molecule has 2 aromatic carbocycles. The van der Waals surface area contributed by atoms with Crippen molar-refractivity contribution in [2.45, 2.75) is 20.0 Å². The first-order chi connectivity index (χ1) is 13.1. The first kappa shape index (κ1) is 17.4. The lowest BCUT2D eigenvalue weighted by molar-refractivity contribution is 0.0889. The summed E-state index contributed by atoms with van der Waals surface area (Å²) < 4.78 is 22.1. The van der Waals surface area contributed by atoms with Gasteiger partial charge in [-0.1, -0.05) is 6.07 Å². The second-order valence-electron chi connectivity index (χ2n) is 6.62. The number of methoxy groups -OCH3 is 2. The van der Waals surface area contributed by atoms with Crippen molar-refractivity contribution < 1.29 is 18.6 Å². The van der Waals surface area contributed by atoms with Gasteiger partial charge in [0.15, 0.2) is 11.5 Å². The fraction of sp³-hybridized carbons (Fsp3) is 0.286. The summed E-state index contributed by atoms with van der Waals surface area (Å²) in [6.07, 6.45) is 0. The molecule has 0 N–H and O–H groups in total. The topological polar surface area (TPSA) is 61.1 Å². The lowest BCUT2D eigenvalue weighted by Crippen LogP contribution is -2.31. The van der Waals surface area contributed by atoms with Crippen molar-refractivity contribution in [2.24, 2.45) is 0 Å². The van der Waals surface area contributed by atoms with Gasteiger partial charge in [-0.2, -0.15) is 0 Å². The summed E-state index contributed by atoms with van der Waals surface area (Å²) in [5.41, 5.74) is 3.15. The van der Waals surface area contributed by atoms with Crippen LogP contribution in [0.5, 0.6) is 17.2 Å². The van der Waals surface area contributed by atoms with E-state index in [1.807, 2.05) is 37.3 Å². The molecule has 6 heteroatoms. The van der Waals surface area contributed by atoms with E-state index < -0.39 is 0 Å². The summed E-state index contributed by atoms with van der Waals surface area (Å²) in [5, 5.41) is 0.935. The van der Waals surface area contributed by atoms with E-state index in [1.54, 1.807) is 14.2 Å². The molecule has 0 radical (unpaired) electrons. The smallest absolute Gasteiger partial charge is 0.336 e. The van der Waals surface area contributed by atoms with E-state index in [1.165, 1.54) is 6.07 Å². The Morgan fingerprint density at radius 1 is 1.07 bits per heavy atom. The van der Waals surface area contributed by atoms with Gasteiger partial charge >= 0.3 is 5.63 Å². The van der Waals surface area contributed by atoms with Crippen LogP contribution in [0.4, 0.5) is 0 Å². The third-order valence-electron chi connectivity index (χ3n) is 4.82. The molecule has 140 valence electrons. The molecule has 1 aliphatic rings. The summed E-state index contributed by atoms with van der Waals surface area (Å²) >= 11 is 0. The molecule has 1 aromatic heterocycles. The molecule has 3 aromatic rings. The Bertz CT molecular complexity index is 1060. The SMILES string of the molecule is COc1ccc(CN2COc3ccc4c(C)cc(=O)oc4c3C2)cc1OC. The van der Waals surface area contributed by atoms with Gasteiger partial charge in [-0.3, -0.25) is 4.90 Å². The molecule has 0 aliphatic carbocycles. The van der Waals surface area contributed by atoms with Crippen LogP contribution in [0.3, 0.4) is 0 Å². The third kappa shape index (κ3) is 3.24. The number of fused-ring (bicyclic) bond motifs is 3. The summed E-state index contributed by atoms with van der Waals surface area (Å²) in [4.78, 5) is 14.0. The molecule has 0 unspecified atom stereocenters. The van der Waals surface area contributed by atoms with Gasteiger partial charge in [0.1, 0.15) is 18.1 Å². The molecule has 0 fully saturated rings. The van der Waals surface area contributed by atoms with E-state index in [0.29, 0.717) is 36.9 Å². The zero-order valence-corrected chi connectivity index (χ0v) is 15.6. The van der Waals surface area contributed by atoms with Crippen LogP contribution in [0.2, 0.25) is 0 Å². The van der Waals surface area contributed by atoms with Crippen LogP contribution < -0.4 is 19.8 Å². The van der Waals surface area contributed by atoms with E-state index in [0.717, 1.165) is 27.8 Å². The van der Waals surface area contributed by atoms with Crippen LogP contribution in [-0.4, -0.2) is 25.9 Å². The van der Waals surface area contributed by atoms with Gasteiger partial charge in [0.25, 0.3) is 0 Å². The normalized spacial score (nSPS) is 13.9. The molecule has 0 saturated carbocycles. The summed E-state index contributed by atoms with van der Waals surface area (Å²) in [6, 6.07) is 11.3. The molecule has 4 rings (SSSR count). The fourth-order valence-corrected chi connectivity index (χ4v) is 3.48. The van der Waals surface area contributed by atoms with Gasteiger partial charge < -0.3 is 18.6 Å². The zero-order valence-electron chi connectivity index (χ0n) is 15.6. The summed E-state index contributed by atoms with van der Waals surface area (Å²) in [7, 11) is 3.24. The Morgan fingerprint density at radius 2 is 1.89 bits per heavy atom. The fourth-order valence-electron chi connectivity index (χ4n) is 3.48. The second-order valence-corrected chi connectivity index (χ2v) is 6.62. The molecule has 1 aliphatic heterocycles. The highest BCUT2D eigenvalue weighted by molar-refractivity contribution is 5.85. The van der Waals surface area contributed by atoms with Crippen LogP contribution in [0, 0.1) is 6.92 Å². The third-order valence-corrected chi connectivity index (χ3v) is 4.82. The van der Waals surface area contributed by atoms with Crippen molar-refractivity contribution in [3.05, 3.63) is 63.5 Å². The van der Waals surface area contributed by atoms with E-state index in [-0.39, 0.29) is 5.63 Å². The number of rotatable bonds is 4. The molecular weight excluding hydrogens is 346 g/mol. The maximum Gasteiger partial charge on any atom is 0.336 e. The van der Waals surface area contributed by atoms with Crippen molar-refractivity contribution in [2.75, 3.05) is 21.0 Å². The Morgan fingerprint density at radius 3 is 2.67 bits per heavy atom. The Kier molecular flexibility index (Phi) is 4.49. The zero-order chi connectivity index (χ0) is 19.0. The van der Waals surface area contributed by atoms with E-state index >= 15 is 0 Å². The van der Waals surface area contributed by atoms with Crippen LogP contribution in [0.1, 0.15) is 16.7 Å². The van der Waals surface area contributed by atoms with E-state index in [9.17, 15) is 4.79 Å². The first-order valence-electron chi connectivity index (χ1n) is 8.71. The number of hydrogen-bond donors (Lipinski definition) is 0. The molecule has 2 heterocycles. The van der Waals surface area contributed by atoms with Crippen LogP contribution in [0.15, 0.2) is 45.6 Å². The molecule has 27 heavy (non-hydrogen) atoms. The molecule has 0 spiro atoms. The minimum Gasteiger partial charge on any atom is -0.493 e. The van der Waals surface area contributed by atoms with E-state index in [4.69, 9.17) is 18.6 Å². The lowest BCUT2D eigenvalue weighted by atomic mass is 10.0. The first-order valence-corrected chi connectivity index (χ1v) is 8.71. The summed E-state index contributed by atoms with van der Waals surface area (Å²) in [5.74, 6) is 2.16. The standard InChI is InChI=1S/C21H21NO5/c1-13-8-20(23)27-21-15(13)5-7-17-16(21)11-22(12-26-17)10-14-4-6-18(24-2)19(9-14)25-3/h4-9H,10-12H2,1-3H3. The molecule has 6 nitrogen and oxygen atoms in total. The summed E-state index contributed by atoms with van der Waals surface area (Å²) in [6.45, 7) is 3.68. The van der Waals surface area contributed by atoms with Crippen LogP contribution in [-0.2, 0) is 13.1 Å². The molecule has 0 amide bonds. The quantitative estimate of drug-likeness (QED) is 0.658. The molecule has 0 saturated heterocycles. The minimum atomic E-state index is -0.342. The number of aryl methyl sites for hydroxylation is 1. The average molecular weight is 367 g/mol. The predicted molar refractivity (Wildman–Crippen MR) is 102 cm³/mol. The number of hydrogen-bond acceptors (Lipinski definition) is 6. The van der Waals surface area contributed by atoms with Crippen LogP contribution in [0.25, 0.3) is 11.0 Å². The number of benzene rings is 2. The number of nitrogens with zero attached hydrogens (tertiary/aromatic N) is 1. The van der Waals surface area contributed by atoms with Gasteiger partial charge in [0.05, 0.1) is 19.8 Å². The van der Waals surface area contributed by atoms with Crippen molar-refractivity contribution >= 4 is 11.0 Å². The number of ether oxygens (including phenoxy) is 3. The predicted octanol–water partition coefficient (Wildman–Crippen LogP) is 3.47. The van der Waals surface area contributed by atoms with Gasteiger partial charge in [-0.25, -0.2) is 4.79 Å². The molecule has 0 atom stereocenters. The van der Waals surface area contributed by atoms with Crippen LogP contribution >= 0.6 is 0 Å². The average Bonchev–Trinajstić information content (AvgIpc) is 2.67. The maximum absolute atomic E-state index is 11.8. The van der Waals surface area contributed by atoms with Crippen molar-refractivity contribution in [1.82, 2.24) is 4.90 Å². The Labute approximate surface area is 156 Å². The Balaban J connectivity index is 1.65. The van der Waals surface area contributed by atoms with Gasteiger partial charge in [-0.15, -0.1) is 0 Å². The highest BCUT2D eigenvalue weighted by atomic mass is 16.5. The van der Waals surface area contributed by atoms with Gasteiger partial charge in [-0.05, 0) is 42.3 Å². The van der Waals surface area contributed by atoms with Crippen molar-refractivity contribution in [3.63, 3.8) is 0 Å². The van der Waals surface area contributed by atoms with Gasteiger partial charge in [0, 0.05) is 24.5 Å². The monoisotopic (exact) mass is 367 g/mol. The highest BCUT2D eigenvalue weighted by Gasteiger charge is 2.22. The molecular formula is C21H21NO5. The maximum atomic E-state index is 11.8.